The summed E-state index contributed by atoms with van der Waals surface area (Å²) in [5.74, 6) is -10.7. The smallest absolute Gasteiger partial charge is 0.293 e. The Hall–Kier alpha value is -5.33. The molecular weight excluding hydrogens is 747 g/mol. The molecule has 2 saturated carbocycles. The van der Waals surface area contributed by atoms with Crippen molar-refractivity contribution in [2.75, 3.05) is 0 Å². The summed E-state index contributed by atoms with van der Waals surface area (Å²) in [5.41, 5.74) is -1.78. The molecule has 3 atom stereocenters. The molecule has 54 heavy (non-hydrogen) atoms. The van der Waals surface area contributed by atoms with Crippen LogP contribution in [0.5, 0.6) is 0 Å². The third-order valence-corrected chi connectivity index (χ3v) is 12.5. The number of nitrogens with zero attached hydrogens (tertiary/aromatic N) is 4. The number of alkyl halides is 4. The van der Waals surface area contributed by atoms with Crippen LogP contribution < -0.4 is 10.0 Å². The van der Waals surface area contributed by atoms with Crippen molar-refractivity contribution in [2.24, 2.45) is 5.92 Å². The van der Waals surface area contributed by atoms with Crippen LogP contribution in [0.3, 0.4) is 0 Å². The first-order valence-electron chi connectivity index (χ1n) is 16.7. The van der Waals surface area contributed by atoms with Gasteiger partial charge in [0.25, 0.3) is 18.3 Å². The predicted molar refractivity (Wildman–Crippen MR) is 176 cm³/mol. The van der Waals surface area contributed by atoms with Crippen molar-refractivity contribution >= 4 is 32.9 Å². The van der Waals surface area contributed by atoms with Crippen LogP contribution in [0.1, 0.15) is 83.1 Å². The number of benzene rings is 2. The Morgan fingerprint density at radius 1 is 1.04 bits per heavy atom. The second-order valence-electron chi connectivity index (χ2n) is 14.1. The Balaban J connectivity index is 1.19. The van der Waals surface area contributed by atoms with E-state index >= 15 is 13.2 Å². The maximum absolute atomic E-state index is 15.3. The molecule has 0 bridgehead atoms. The molecule has 11 nitrogen and oxygen atoms in total. The minimum atomic E-state index is -4.16. The van der Waals surface area contributed by atoms with E-state index in [2.05, 4.69) is 25.6 Å². The number of H-pyrrole nitrogens is 1. The molecule has 2 aromatic carbocycles. The van der Waals surface area contributed by atoms with E-state index in [-0.39, 0.29) is 46.3 Å². The summed E-state index contributed by atoms with van der Waals surface area (Å²) in [5, 5.41) is 13.0. The van der Waals surface area contributed by atoms with Crippen LogP contribution in [0.4, 0.5) is 30.7 Å². The first-order valence-corrected chi connectivity index (χ1v) is 18.2. The Morgan fingerprint density at radius 3 is 2.44 bits per heavy atom. The number of halogens is 7. The third kappa shape index (κ3) is 6.07. The van der Waals surface area contributed by atoms with Gasteiger partial charge in [0.05, 0.1) is 33.8 Å². The summed E-state index contributed by atoms with van der Waals surface area (Å²) in [6, 6.07) is 5.96. The van der Waals surface area contributed by atoms with Gasteiger partial charge in [-0.25, -0.2) is 40.1 Å². The lowest BCUT2D eigenvalue weighted by atomic mass is 9.94. The van der Waals surface area contributed by atoms with Gasteiger partial charge in [0.2, 0.25) is 15.9 Å². The molecule has 0 radical (unpaired) electrons. The van der Waals surface area contributed by atoms with Gasteiger partial charge < -0.3 is 5.32 Å². The highest BCUT2D eigenvalue weighted by molar-refractivity contribution is 7.91. The number of carbonyl (C=O) groups is 2. The zero-order chi connectivity index (χ0) is 38.5. The van der Waals surface area contributed by atoms with Crippen molar-refractivity contribution < 1.29 is 48.7 Å². The Bertz CT molecular complexity index is 2480. The molecule has 2 amide bonds. The third-order valence-electron chi connectivity index (χ3n) is 10.3. The number of amides is 2. The fourth-order valence-corrected chi connectivity index (χ4v) is 8.38. The molecule has 3 aliphatic rings. The van der Waals surface area contributed by atoms with E-state index in [1.807, 2.05) is 4.72 Å². The molecule has 3 aromatic heterocycles. The van der Waals surface area contributed by atoms with E-state index in [4.69, 9.17) is 0 Å². The van der Waals surface area contributed by atoms with Crippen LogP contribution in [0.25, 0.3) is 22.2 Å². The fraction of sp³-hybridized carbons (Fsp3) is 0.343. The number of sulfonamides is 1. The molecule has 19 heteroatoms. The maximum atomic E-state index is 15.3. The number of hydrogen-bond donors (Lipinski definition) is 3. The number of nitrogens with one attached hydrogen (secondary N) is 3. The lowest BCUT2D eigenvalue weighted by Gasteiger charge is -2.23. The van der Waals surface area contributed by atoms with E-state index in [0.29, 0.717) is 29.1 Å². The molecule has 3 N–H and O–H groups in total. The molecule has 3 heterocycles. The van der Waals surface area contributed by atoms with Gasteiger partial charge in [0.1, 0.15) is 40.9 Å². The summed E-state index contributed by atoms with van der Waals surface area (Å²) in [6.45, 7) is 0.507. The minimum Gasteiger partial charge on any atom is -0.346 e. The number of fused-ring (bicyclic) bond motifs is 4. The van der Waals surface area contributed by atoms with Gasteiger partial charge in [-0.15, -0.1) is 0 Å². The standard InChI is InChI=1S/C35H28F7N7O4S/c1-34(4-5-34)54(52,53)48-33(51)21-9-16(2-3-23(21)38)19-12-24-26(13-43-46-24)45-29(19)25(8-15-6-17(36)10-18(37)7-15)44-27(50)14-49-31-28(30(47-49)32(39)40)20-11-22(20)35(31,41)42/h2-3,6-7,9-10,12-13,20,22,25,32H,4-5,8,11,14H2,1H3,(H,43,46)(H,44,50)(H,48,51)/t20-,22+,25?/m0/s1. The highest BCUT2D eigenvalue weighted by Crippen LogP contribution is 2.68. The first-order chi connectivity index (χ1) is 25.5. The number of rotatable bonds is 11. The number of aromatic amines is 1. The minimum absolute atomic E-state index is 0.0107. The molecule has 5 aromatic rings. The molecule has 0 aliphatic heterocycles. The van der Waals surface area contributed by atoms with Crippen LogP contribution in [0.2, 0.25) is 0 Å². The zero-order valence-electron chi connectivity index (χ0n) is 27.9. The van der Waals surface area contributed by atoms with E-state index in [9.17, 15) is 35.6 Å². The molecule has 0 saturated heterocycles. The highest BCUT2D eigenvalue weighted by atomic mass is 32.2. The number of carbonyl (C=O) groups excluding carboxylic acids is 2. The van der Waals surface area contributed by atoms with Gasteiger partial charge in [0.15, 0.2) is 0 Å². The van der Waals surface area contributed by atoms with Gasteiger partial charge in [-0.05, 0) is 80.0 Å². The van der Waals surface area contributed by atoms with Gasteiger partial charge in [0, 0.05) is 23.1 Å². The van der Waals surface area contributed by atoms with Crippen molar-refractivity contribution in [3.8, 4) is 11.1 Å². The van der Waals surface area contributed by atoms with E-state index in [1.165, 1.54) is 25.3 Å². The quantitative estimate of drug-likeness (QED) is 0.137. The molecule has 282 valence electrons. The van der Waals surface area contributed by atoms with Gasteiger partial charge in [-0.2, -0.15) is 19.0 Å². The molecular formula is C35H28F7N7O4S. The van der Waals surface area contributed by atoms with Crippen molar-refractivity contribution in [3.63, 3.8) is 0 Å². The molecule has 0 spiro atoms. The molecule has 3 aliphatic carbocycles. The Kier molecular flexibility index (Phi) is 8.17. The van der Waals surface area contributed by atoms with Crippen LogP contribution >= 0.6 is 0 Å². The lowest BCUT2D eigenvalue weighted by molar-refractivity contribution is -0.123. The van der Waals surface area contributed by atoms with E-state index < -0.39 is 97.8 Å². The zero-order valence-corrected chi connectivity index (χ0v) is 28.8. The SMILES string of the molecule is CC1(S(=O)(=O)NC(=O)c2cc(-c3cc4[nH]ncc4nc3C(Cc3cc(F)cc(F)c3)NC(=O)Cn3nc(C(F)F)c4c3C(F)(F)[C@@H]3C[C@H]43)ccc2F)CC1. The van der Waals surface area contributed by atoms with Gasteiger partial charge in [-0.1, -0.05) is 6.07 Å². The van der Waals surface area contributed by atoms with Crippen LogP contribution in [-0.2, 0) is 33.7 Å². The average Bonchev–Trinajstić information content (AvgIpc) is 3.94. The van der Waals surface area contributed by atoms with Crippen LogP contribution in [-0.4, -0.2) is 49.9 Å². The van der Waals surface area contributed by atoms with E-state index in [0.717, 1.165) is 24.3 Å². The largest absolute Gasteiger partial charge is 0.346 e. The summed E-state index contributed by atoms with van der Waals surface area (Å²) < 4.78 is 129. The Morgan fingerprint density at radius 2 is 1.76 bits per heavy atom. The number of pyridine rings is 1. The average molecular weight is 776 g/mol. The second kappa shape index (κ2) is 12.4. The summed E-state index contributed by atoms with van der Waals surface area (Å²) >= 11 is 0. The van der Waals surface area contributed by atoms with Gasteiger partial charge >= 0.3 is 0 Å². The fourth-order valence-electron chi connectivity index (χ4n) is 7.14. The van der Waals surface area contributed by atoms with Crippen LogP contribution in [0, 0.1) is 23.4 Å². The first kappa shape index (κ1) is 35.7. The molecule has 8 rings (SSSR count). The molecule has 2 fully saturated rings. The normalized spacial score (nSPS) is 19.7. The second-order valence-corrected chi connectivity index (χ2v) is 16.3. The highest BCUT2D eigenvalue weighted by Gasteiger charge is 2.67. The summed E-state index contributed by atoms with van der Waals surface area (Å²) in [4.78, 5) is 31.5. The number of aromatic nitrogens is 5. The summed E-state index contributed by atoms with van der Waals surface area (Å²) in [7, 11) is -4.16. The van der Waals surface area contributed by atoms with Gasteiger partial charge in [-0.3, -0.25) is 19.4 Å². The predicted octanol–water partition coefficient (Wildman–Crippen LogP) is 6.10. The topological polar surface area (TPSA) is 152 Å². The Labute approximate surface area is 301 Å². The van der Waals surface area contributed by atoms with Crippen molar-refractivity contribution in [3.05, 3.63) is 99.9 Å². The van der Waals surface area contributed by atoms with E-state index in [1.54, 1.807) is 0 Å². The van der Waals surface area contributed by atoms with Crippen molar-refractivity contribution in [1.82, 2.24) is 35.0 Å². The van der Waals surface area contributed by atoms with Crippen molar-refractivity contribution in [1.29, 1.82) is 0 Å². The molecule has 1 unspecified atom stereocenters. The van der Waals surface area contributed by atoms with Crippen LogP contribution in [0.15, 0.2) is 48.7 Å². The van der Waals surface area contributed by atoms with Crippen molar-refractivity contribution in [2.45, 2.75) is 68.2 Å². The summed E-state index contributed by atoms with van der Waals surface area (Å²) in [6.07, 6.45) is -1.60. The lowest BCUT2D eigenvalue weighted by Crippen LogP contribution is -2.38. The maximum Gasteiger partial charge on any atom is 0.293 e. The number of hydrogen-bond acceptors (Lipinski definition) is 7. The monoisotopic (exact) mass is 775 g/mol.